The second-order valence-corrected chi connectivity index (χ2v) is 4.32. The Bertz CT molecular complexity index is 420. The van der Waals surface area contributed by atoms with Crippen LogP contribution in [0.25, 0.3) is 0 Å². The summed E-state index contributed by atoms with van der Waals surface area (Å²) in [7, 11) is -14.7. The van der Waals surface area contributed by atoms with Crippen molar-refractivity contribution < 1.29 is 52.1 Å². The summed E-state index contributed by atoms with van der Waals surface area (Å²) < 4.78 is 90.5. The molecule has 0 aliphatic rings. The van der Waals surface area contributed by atoms with E-state index in [9.17, 15) is 16.8 Å². The van der Waals surface area contributed by atoms with E-state index < -0.39 is 31.2 Å². The molecule has 0 aliphatic carbocycles. The van der Waals surface area contributed by atoms with E-state index in [0.29, 0.717) is 0 Å². The van der Waals surface area contributed by atoms with Gasteiger partial charge in [-0.05, 0) is 0 Å². The summed E-state index contributed by atoms with van der Waals surface area (Å²) in [5, 5.41) is 0. The van der Waals surface area contributed by atoms with Gasteiger partial charge in [-0.15, -0.1) is 0 Å². The predicted octanol–water partition coefficient (Wildman–Crippen LogP) is -2.49. The van der Waals surface area contributed by atoms with Gasteiger partial charge in [-0.2, -0.15) is 25.3 Å². The van der Waals surface area contributed by atoms with Gasteiger partial charge in [0.2, 0.25) is 0 Å². The monoisotopic (exact) mass is 315 g/mol. The van der Waals surface area contributed by atoms with Gasteiger partial charge >= 0.3 is 31.2 Å². The molecule has 16 heavy (non-hydrogen) atoms. The van der Waals surface area contributed by atoms with Gasteiger partial charge in [0.15, 0.2) is 0 Å². The van der Waals surface area contributed by atoms with Gasteiger partial charge < -0.3 is 0 Å². The topological polar surface area (TPSA) is 202 Å². The first kappa shape index (κ1) is 21.9. The third-order valence-electron chi connectivity index (χ3n) is 0.200. The molecule has 1 radical (unpaired) electrons. The van der Waals surface area contributed by atoms with E-state index in [1.54, 1.807) is 0 Å². The Morgan fingerprint density at radius 2 is 0.750 bits per heavy atom. The average molecular weight is 315 g/mol. The molecule has 0 atom stereocenters. The summed E-state index contributed by atoms with van der Waals surface area (Å²) in [5.74, 6) is 0. The van der Waals surface area contributed by atoms with E-state index in [2.05, 4.69) is 8.67 Å². The molecule has 0 fully saturated rings. The van der Waals surface area contributed by atoms with Gasteiger partial charge in [-0.25, -0.2) is 0 Å². The van der Waals surface area contributed by atoms with Crippen LogP contribution in [0.5, 0.6) is 0 Å². The Hall–Kier alpha value is 0.610. The molecule has 16 heteroatoms. The second kappa shape index (κ2) is 7.84. The van der Waals surface area contributed by atoms with Crippen molar-refractivity contribution in [3.05, 3.63) is 0 Å². The molecule has 95 valence electrons. The molecular weight excluding hydrogens is 311 g/mol. The maximum Gasteiger partial charge on any atom is 0.425 e. The fourth-order valence-electron chi connectivity index (χ4n) is 0.0702. The van der Waals surface area contributed by atoms with Gasteiger partial charge in [0.1, 0.15) is 0 Å². The smallest absolute Gasteiger partial charge is 0.264 e. The third-order valence-corrected chi connectivity index (χ3v) is 0.766. The van der Waals surface area contributed by atoms with Crippen molar-refractivity contribution in [2.24, 2.45) is 0 Å². The number of hydrogen-bond acceptors (Lipinski definition) is 8. The minimum Gasteiger partial charge on any atom is -0.264 e. The quantitative estimate of drug-likeness (QED) is 0.185. The molecule has 0 amide bonds. The Morgan fingerprint density at radius 3 is 0.812 bits per heavy atom. The maximum atomic E-state index is 9.51. The molecular formula is H4NaO12S3. The Morgan fingerprint density at radius 1 is 0.625 bits per heavy atom. The van der Waals surface area contributed by atoms with Gasteiger partial charge in [-0.1, -0.05) is 8.67 Å². The fraction of sp³-hybridized carbons (Fsp3) is 0. The van der Waals surface area contributed by atoms with Crippen LogP contribution in [0.3, 0.4) is 0 Å². The molecule has 0 heterocycles. The van der Waals surface area contributed by atoms with Crippen LogP contribution in [-0.4, -0.2) is 73.0 Å². The van der Waals surface area contributed by atoms with Crippen LogP contribution in [-0.2, 0) is 39.9 Å². The van der Waals surface area contributed by atoms with Gasteiger partial charge in [0.25, 0.3) is 0 Å². The van der Waals surface area contributed by atoms with Crippen molar-refractivity contribution >= 4 is 60.8 Å². The summed E-state index contributed by atoms with van der Waals surface area (Å²) in [6.45, 7) is 0. The molecule has 0 rings (SSSR count). The molecule has 4 N–H and O–H groups in total. The van der Waals surface area contributed by atoms with Gasteiger partial charge in [0.05, 0.1) is 0 Å². The molecule has 0 saturated heterocycles. The Labute approximate surface area is 112 Å². The molecule has 0 aromatic carbocycles. The zero-order valence-electron chi connectivity index (χ0n) is 7.28. The van der Waals surface area contributed by atoms with Crippen LogP contribution < -0.4 is 0 Å². The van der Waals surface area contributed by atoms with Crippen LogP contribution in [0.2, 0.25) is 0 Å². The van der Waals surface area contributed by atoms with Crippen molar-refractivity contribution in [2.45, 2.75) is 0 Å². The molecule has 0 aromatic heterocycles. The first-order chi connectivity index (χ1) is 6.21. The summed E-state index contributed by atoms with van der Waals surface area (Å²) in [6.07, 6.45) is 0. The van der Waals surface area contributed by atoms with E-state index >= 15 is 0 Å². The third kappa shape index (κ3) is 46.7. The SMILES string of the molecule is O=S(=O)(O)O.O=S(=O)(O)OOS(=O)(=O)O.[Na]. The van der Waals surface area contributed by atoms with Gasteiger partial charge in [-0.3, -0.25) is 18.2 Å². The van der Waals surface area contributed by atoms with E-state index in [1.807, 2.05) is 0 Å². The Kier molecular flexibility index (Phi) is 10.7. The van der Waals surface area contributed by atoms with Crippen molar-refractivity contribution in [1.82, 2.24) is 0 Å². The number of rotatable bonds is 3. The largest absolute Gasteiger partial charge is 0.425 e. The van der Waals surface area contributed by atoms with E-state index in [1.165, 1.54) is 0 Å². The molecule has 0 aliphatic heterocycles. The molecule has 0 spiro atoms. The predicted molar refractivity (Wildman–Crippen MR) is 45.2 cm³/mol. The van der Waals surface area contributed by atoms with Crippen molar-refractivity contribution in [3.63, 3.8) is 0 Å². The standard InChI is InChI=1S/Na.H2O8S2.H2O4S/c;1-9(2,3)7-8-10(4,5)6;1-5(2,3)4/h;(H,1,2,3)(H,4,5,6);(H2,1,2,3,4). The normalized spacial score (nSPS) is 12.0. The summed E-state index contributed by atoms with van der Waals surface area (Å²) in [6, 6.07) is 0. The average Bonchev–Trinajstić information content (AvgIpc) is 1.76. The van der Waals surface area contributed by atoms with Crippen molar-refractivity contribution in [3.8, 4) is 0 Å². The van der Waals surface area contributed by atoms with Crippen molar-refractivity contribution in [1.29, 1.82) is 0 Å². The zero-order chi connectivity index (χ0) is 12.9. The van der Waals surface area contributed by atoms with Crippen LogP contribution in [0.4, 0.5) is 0 Å². The second-order valence-electron chi connectivity index (χ2n) is 1.44. The molecule has 12 nitrogen and oxygen atoms in total. The fourth-order valence-corrected chi connectivity index (χ4v) is 0.632. The minimum absolute atomic E-state index is 0. The molecule has 0 unspecified atom stereocenters. The van der Waals surface area contributed by atoms with Crippen LogP contribution in [0, 0.1) is 0 Å². The van der Waals surface area contributed by atoms with Crippen LogP contribution in [0.1, 0.15) is 0 Å². The zero-order valence-corrected chi connectivity index (χ0v) is 11.7. The van der Waals surface area contributed by atoms with Crippen LogP contribution in [0.15, 0.2) is 0 Å². The molecule has 0 bridgehead atoms. The number of hydrogen-bond donors (Lipinski definition) is 4. The van der Waals surface area contributed by atoms with Gasteiger partial charge in [0, 0.05) is 29.6 Å². The minimum atomic E-state index is -5.02. The maximum absolute atomic E-state index is 9.51. The summed E-state index contributed by atoms with van der Waals surface area (Å²) in [5.41, 5.74) is 0. The molecule has 0 aromatic rings. The van der Waals surface area contributed by atoms with E-state index in [0.717, 1.165) is 0 Å². The molecule has 0 saturated carbocycles. The van der Waals surface area contributed by atoms with E-state index in [4.69, 9.17) is 26.6 Å². The summed E-state index contributed by atoms with van der Waals surface area (Å²) >= 11 is 0. The first-order valence-corrected chi connectivity index (χ1v) is 6.36. The van der Waals surface area contributed by atoms with Crippen LogP contribution >= 0.6 is 0 Å². The van der Waals surface area contributed by atoms with Crippen molar-refractivity contribution in [2.75, 3.05) is 0 Å². The first-order valence-electron chi connectivity index (χ1n) is 2.23. The van der Waals surface area contributed by atoms with E-state index in [-0.39, 0.29) is 29.6 Å². The Balaban J connectivity index is -0.000000242. The summed E-state index contributed by atoms with van der Waals surface area (Å²) in [4.78, 5) is 0.